The summed E-state index contributed by atoms with van der Waals surface area (Å²) in [4.78, 5) is 22.8. The van der Waals surface area contributed by atoms with Gasteiger partial charge in [-0.3, -0.25) is 4.79 Å². The van der Waals surface area contributed by atoms with Gasteiger partial charge in [-0.15, -0.1) is 0 Å². The number of amides is 3. The molecule has 108 valence electrons. The zero-order valence-electron chi connectivity index (χ0n) is 11.2. The molecule has 0 radical (unpaired) electrons. The number of hydrogen-bond acceptors (Lipinski definition) is 4. The monoisotopic (exact) mass is 278 g/mol. The number of urea groups is 1. The topological polar surface area (TPSA) is 105 Å². The van der Waals surface area contributed by atoms with Crippen molar-refractivity contribution in [3.05, 3.63) is 18.2 Å². The lowest BCUT2D eigenvalue weighted by Gasteiger charge is -2.13. The number of carbonyl (C=O) groups excluding carboxylic acids is 2. The maximum atomic E-state index is 12.0. The Bertz CT molecular complexity index is 512. The largest absolute Gasteiger partial charge is 0.494 e. The second-order valence-corrected chi connectivity index (χ2v) is 4.58. The molecular weight excluding hydrogens is 260 g/mol. The second kappa shape index (κ2) is 6.25. The van der Waals surface area contributed by atoms with Crippen LogP contribution in [-0.4, -0.2) is 32.1 Å². The zero-order chi connectivity index (χ0) is 14.5. The van der Waals surface area contributed by atoms with Crippen LogP contribution in [0.4, 0.5) is 16.2 Å². The Balaban J connectivity index is 2.08. The lowest BCUT2D eigenvalue weighted by atomic mass is 10.1. The van der Waals surface area contributed by atoms with Crippen LogP contribution in [0.25, 0.3) is 0 Å². The van der Waals surface area contributed by atoms with E-state index in [1.165, 1.54) is 7.11 Å². The Hall–Kier alpha value is -2.28. The molecule has 7 heteroatoms. The molecule has 7 nitrogen and oxygen atoms in total. The van der Waals surface area contributed by atoms with Gasteiger partial charge in [0.15, 0.2) is 0 Å². The minimum absolute atomic E-state index is 0.00980. The SMILES string of the molecule is COc1cc(NC(=O)C2CCNC2)ccc1NC(N)=O. The van der Waals surface area contributed by atoms with E-state index in [-0.39, 0.29) is 11.8 Å². The molecule has 1 unspecified atom stereocenters. The molecule has 0 saturated carbocycles. The average molecular weight is 278 g/mol. The molecule has 1 aromatic rings. The summed E-state index contributed by atoms with van der Waals surface area (Å²) in [6.07, 6.45) is 0.838. The van der Waals surface area contributed by atoms with Crippen LogP contribution in [0.3, 0.4) is 0 Å². The number of methoxy groups -OCH3 is 1. The molecule has 2 rings (SSSR count). The van der Waals surface area contributed by atoms with Crippen LogP contribution in [0.2, 0.25) is 0 Å². The van der Waals surface area contributed by atoms with Crippen molar-refractivity contribution in [2.75, 3.05) is 30.8 Å². The highest BCUT2D eigenvalue weighted by Gasteiger charge is 2.22. The first kappa shape index (κ1) is 14.1. The highest BCUT2D eigenvalue weighted by molar-refractivity contribution is 5.94. The summed E-state index contributed by atoms with van der Waals surface area (Å²) >= 11 is 0. The van der Waals surface area contributed by atoms with Crippen molar-refractivity contribution in [1.82, 2.24) is 5.32 Å². The Kier molecular flexibility index (Phi) is 4.41. The van der Waals surface area contributed by atoms with Crippen LogP contribution in [0.15, 0.2) is 18.2 Å². The van der Waals surface area contributed by atoms with Gasteiger partial charge in [0.25, 0.3) is 0 Å². The number of rotatable bonds is 4. The molecule has 5 N–H and O–H groups in total. The van der Waals surface area contributed by atoms with E-state index in [2.05, 4.69) is 16.0 Å². The fourth-order valence-corrected chi connectivity index (χ4v) is 2.13. The first-order valence-electron chi connectivity index (χ1n) is 6.36. The van der Waals surface area contributed by atoms with E-state index in [0.29, 0.717) is 23.7 Å². The lowest BCUT2D eigenvalue weighted by Crippen LogP contribution is -2.24. The van der Waals surface area contributed by atoms with E-state index in [0.717, 1.165) is 13.0 Å². The molecule has 1 atom stereocenters. The molecule has 1 saturated heterocycles. The summed E-state index contributed by atoms with van der Waals surface area (Å²) in [5, 5.41) is 8.43. The Labute approximate surface area is 116 Å². The van der Waals surface area contributed by atoms with Crippen LogP contribution in [0.1, 0.15) is 6.42 Å². The van der Waals surface area contributed by atoms with Gasteiger partial charge in [-0.05, 0) is 25.1 Å². The molecule has 3 amide bonds. The first-order chi connectivity index (χ1) is 9.60. The zero-order valence-corrected chi connectivity index (χ0v) is 11.2. The molecule has 0 aliphatic carbocycles. The predicted molar refractivity (Wildman–Crippen MR) is 75.8 cm³/mol. The van der Waals surface area contributed by atoms with Crippen molar-refractivity contribution in [2.24, 2.45) is 11.7 Å². The molecule has 0 aromatic heterocycles. The maximum Gasteiger partial charge on any atom is 0.316 e. The van der Waals surface area contributed by atoms with Gasteiger partial charge in [0.05, 0.1) is 18.7 Å². The fraction of sp³-hybridized carbons (Fsp3) is 0.385. The van der Waals surface area contributed by atoms with Gasteiger partial charge in [-0.25, -0.2) is 4.79 Å². The number of anilines is 2. The number of nitrogens with one attached hydrogen (secondary N) is 3. The molecule has 0 spiro atoms. The van der Waals surface area contributed by atoms with Gasteiger partial charge in [0, 0.05) is 18.3 Å². The smallest absolute Gasteiger partial charge is 0.316 e. The number of hydrogen-bond donors (Lipinski definition) is 4. The standard InChI is InChI=1S/C13H18N4O3/c1-20-11-6-9(2-3-10(11)17-13(14)19)16-12(18)8-4-5-15-7-8/h2-3,6,8,15H,4-5,7H2,1H3,(H,16,18)(H3,14,17,19). The third-order valence-electron chi connectivity index (χ3n) is 3.16. The second-order valence-electron chi connectivity index (χ2n) is 4.58. The van der Waals surface area contributed by atoms with Gasteiger partial charge in [-0.2, -0.15) is 0 Å². The number of primary amides is 1. The number of nitrogens with two attached hydrogens (primary N) is 1. The molecule has 1 aromatic carbocycles. The molecule has 20 heavy (non-hydrogen) atoms. The Morgan fingerprint density at radius 2 is 2.20 bits per heavy atom. The minimum Gasteiger partial charge on any atom is -0.494 e. The highest BCUT2D eigenvalue weighted by Crippen LogP contribution is 2.28. The summed E-state index contributed by atoms with van der Waals surface area (Å²) in [5.74, 6) is 0.406. The molecule has 1 fully saturated rings. The van der Waals surface area contributed by atoms with E-state index < -0.39 is 6.03 Å². The van der Waals surface area contributed by atoms with Crippen molar-refractivity contribution in [2.45, 2.75) is 6.42 Å². The maximum absolute atomic E-state index is 12.0. The Morgan fingerprint density at radius 1 is 1.40 bits per heavy atom. The molecule has 1 aliphatic heterocycles. The third-order valence-corrected chi connectivity index (χ3v) is 3.16. The van der Waals surface area contributed by atoms with E-state index in [1.54, 1.807) is 18.2 Å². The minimum atomic E-state index is -0.669. The fourth-order valence-electron chi connectivity index (χ4n) is 2.13. The van der Waals surface area contributed by atoms with E-state index >= 15 is 0 Å². The normalized spacial score (nSPS) is 17.6. The van der Waals surface area contributed by atoms with Gasteiger partial charge in [0.2, 0.25) is 5.91 Å². The number of carbonyl (C=O) groups is 2. The average Bonchev–Trinajstić information content (AvgIpc) is 2.94. The summed E-state index contributed by atoms with van der Waals surface area (Å²) in [6.45, 7) is 1.56. The number of ether oxygens (including phenoxy) is 1. The first-order valence-corrected chi connectivity index (χ1v) is 6.36. The van der Waals surface area contributed by atoms with Gasteiger partial charge < -0.3 is 26.4 Å². The molecule has 1 aliphatic rings. The van der Waals surface area contributed by atoms with E-state index in [9.17, 15) is 9.59 Å². The molecular formula is C13H18N4O3. The molecule has 1 heterocycles. The number of benzene rings is 1. The van der Waals surface area contributed by atoms with Crippen molar-refractivity contribution in [1.29, 1.82) is 0 Å². The van der Waals surface area contributed by atoms with Gasteiger partial charge in [-0.1, -0.05) is 0 Å². The summed E-state index contributed by atoms with van der Waals surface area (Å²) in [7, 11) is 1.48. The predicted octanol–water partition coefficient (Wildman–Crippen LogP) is 0.734. The summed E-state index contributed by atoms with van der Waals surface area (Å²) in [5.41, 5.74) is 6.15. The highest BCUT2D eigenvalue weighted by atomic mass is 16.5. The molecule has 0 bridgehead atoms. The van der Waals surface area contributed by atoms with Crippen molar-refractivity contribution in [3.8, 4) is 5.75 Å². The van der Waals surface area contributed by atoms with Crippen LogP contribution in [-0.2, 0) is 4.79 Å². The van der Waals surface area contributed by atoms with Gasteiger partial charge >= 0.3 is 6.03 Å². The summed E-state index contributed by atoms with van der Waals surface area (Å²) in [6, 6.07) is 4.29. The quantitative estimate of drug-likeness (QED) is 0.651. The van der Waals surface area contributed by atoms with Crippen LogP contribution >= 0.6 is 0 Å². The summed E-state index contributed by atoms with van der Waals surface area (Å²) < 4.78 is 5.16. The van der Waals surface area contributed by atoms with E-state index in [4.69, 9.17) is 10.5 Å². The van der Waals surface area contributed by atoms with Crippen molar-refractivity contribution >= 4 is 23.3 Å². The van der Waals surface area contributed by atoms with Crippen LogP contribution < -0.4 is 26.4 Å². The van der Waals surface area contributed by atoms with Crippen molar-refractivity contribution < 1.29 is 14.3 Å². The van der Waals surface area contributed by atoms with Crippen LogP contribution in [0.5, 0.6) is 5.75 Å². The van der Waals surface area contributed by atoms with Crippen molar-refractivity contribution in [3.63, 3.8) is 0 Å². The van der Waals surface area contributed by atoms with Crippen LogP contribution in [0, 0.1) is 5.92 Å². The van der Waals surface area contributed by atoms with E-state index in [1.807, 2.05) is 0 Å². The Morgan fingerprint density at radius 3 is 2.80 bits per heavy atom. The lowest BCUT2D eigenvalue weighted by molar-refractivity contribution is -0.119. The third kappa shape index (κ3) is 3.39. The van der Waals surface area contributed by atoms with Gasteiger partial charge in [0.1, 0.15) is 5.75 Å².